The number of fused-ring (bicyclic) bond motifs is 2. The molecule has 0 fully saturated rings. The van der Waals surface area contributed by atoms with Crippen molar-refractivity contribution in [3.05, 3.63) is 58.9 Å². The molecule has 2 N–H and O–H groups in total. The van der Waals surface area contributed by atoms with Gasteiger partial charge in [0, 0.05) is 42.4 Å². The largest absolute Gasteiger partial charge is 0.326 e. The predicted octanol–water partition coefficient (Wildman–Crippen LogP) is 4.78. The molecule has 7 nitrogen and oxygen atoms in total. The molecule has 1 aliphatic rings. The Labute approximate surface area is 190 Å². The first-order chi connectivity index (χ1) is 15.9. The first-order valence-corrected chi connectivity index (χ1v) is 11.0. The summed E-state index contributed by atoms with van der Waals surface area (Å²) in [5.74, 6) is 1.03. The second-order valence-electron chi connectivity index (χ2n) is 8.50. The van der Waals surface area contributed by atoms with E-state index in [9.17, 15) is 8.78 Å². The summed E-state index contributed by atoms with van der Waals surface area (Å²) in [6, 6.07) is 7.41. The van der Waals surface area contributed by atoms with E-state index in [0.29, 0.717) is 22.5 Å². The van der Waals surface area contributed by atoms with E-state index in [-0.39, 0.29) is 17.7 Å². The highest BCUT2D eigenvalue weighted by molar-refractivity contribution is 5.85. The standard InChI is InChI=1S/C24H25F2N7/c1-13(2)33-14(3)29-23-17(10-25)8-16(9-20(23)33)22-18(26)12-28-24(32-22)31-21-5-4-15-11-27-7-6-19(15)30-21/h4-5,8-9,12-13,27H,6-7,10-11H2,1-3H3,(H,28,30,31,32). The number of aromatic nitrogens is 5. The van der Waals surface area contributed by atoms with Crippen molar-refractivity contribution in [2.75, 3.05) is 11.9 Å². The number of nitrogens with zero attached hydrogens (tertiary/aromatic N) is 5. The molecule has 1 aliphatic heterocycles. The van der Waals surface area contributed by atoms with Gasteiger partial charge in [-0.05, 0) is 44.5 Å². The molecule has 0 bridgehead atoms. The van der Waals surface area contributed by atoms with Crippen LogP contribution in [0.5, 0.6) is 0 Å². The molecule has 0 amide bonds. The lowest BCUT2D eigenvalue weighted by Gasteiger charge is -2.17. The fraction of sp³-hybridized carbons (Fsp3) is 0.333. The van der Waals surface area contributed by atoms with Crippen molar-refractivity contribution in [1.29, 1.82) is 0 Å². The predicted molar refractivity (Wildman–Crippen MR) is 124 cm³/mol. The fourth-order valence-corrected chi connectivity index (χ4v) is 4.42. The number of halogens is 2. The minimum atomic E-state index is -0.704. The average molecular weight is 450 g/mol. The maximum atomic E-state index is 14.8. The van der Waals surface area contributed by atoms with E-state index in [4.69, 9.17) is 0 Å². The third-order valence-electron chi connectivity index (χ3n) is 5.89. The number of benzene rings is 1. The molecule has 0 radical (unpaired) electrons. The zero-order valence-corrected chi connectivity index (χ0v) is 18.8. The van der Waals surface area contributed by atoms with Gasteiger partial charge in [0.05, 0.1) is 17.2 Å². The van der Waals surface area contributed by atoms with Crippen molar-refractivity contribution >= 4 is 22.8 Å². The van der Waals surface area contributed by atoms with Crippen LogP contribution in [0.25, 0.3) is 22.3 Å². The minimum absolute atomic E-state index is 0.0976. The lowest BCUT2D eigenvalue weighted by Crippen LogP contribution is -2.24. The quantitative estimate of drug-likeness (QED) is 0.457. The molecule has 4 aromatic rings. The summed E-state index contributed by atoms with van der Waals surface area (Å²) in [7, 11) is 0. The monoisotopic (exact) mass is 449 g/mol. The lowest BCUT2D eigenvalue weighted by molar-refractivity contribution is 0.487. The molecule has 5 rings (SSSR count). The summed E-state index contributed by atoms with van der Waals surface area (Å²) in [6.45, 7) is 6.93. The molecule has 1 aromatic carbocycles. The molecule has 0 spiro atoms. The van der Waals surface area contributed by atoms with Gasteiger partial charge in [0.25, 0.3) is 0 Å². The van der Waals surface area contributed by atoms with E-state index in [2.05, 4.69) is 30.6 Å². The van der Waals surface area contributed by atoms with E-state index in [1.807, 2.05) is 43.5 Å². The third-order valence-corrected chi connectivity index (χ3v) is 5.89. The molecule has 4 heterocycles. The van der Waals surface area contributed by atoms with Crippen LogP contribution in [0.15, 0.2) is 30.5 Å². The van der Waals surface area contributed by atoms with Crippen molar-refractivity contribution in [1.82, 2.24) is 29.8 Å². The summed E-state index contributed by atoms with van der Waals surface area (Å²) < 4.78 is 30.7. The molecule has 170 valence electrons. The Morgan fingerprint density at radius 1 is 1.18 bits per heavy atom. The molecule has 0 atom stereocenters. The number of nitrogens with one attached hydrogen (secondary N) is 2. The van der Waals surface area contributed by atoms with Crippen LogP contribution in [0.4, 0.5) is 20.5 Å². The van der Waals surface area contributed by atoms with Crippen LogP contribution in [0.2, 0.25) is 0 Å². The number of anilines is 2. The van der Waals surface area contributed by atoms with Crippen molar-refractivity contribution in [3.63, 3.8) is 0 Å². The SMILES string of the molecule is Cc1nc2c(CF)cc(-c3nc(Nc4ccc5c(n4)CCNC5)ncc3F)cc2n1C(C)C. The first kappa shape index (κ1) is 21.4. The summed E-state index contributed by atoms with van der Waals surface area (Å²) in [5.41, 5.74) is 4.51. The van der Waals surface area contributed by atoms with E-state index in [1.165, 1.54) is 0 Å². The summed E-state index contributed by atoms with van der Waals surface area (Å²) in [5, 5.41) is 6.40. The van der Waals surface area contributed by atoms with Crippen LogP contribution in [-0.2, 0) is 19.6 Å². The molecule has 33 heavy (non-hydrogen) atoms. The van der Waals surface area contributed by atoms with Crippen LogP contribution in [0.3, 0.4) is 0 Å². The van der Waals surface area contributed by atoms with Gasteiger partial charge in [-0.25, -0.2) is 28.7 Å². The topological polar surface area (TPSA) is 80.6 Å². The van der Waals surface area contributed by atoms with Crippen LogP contribution in [0, 0.1) is 12.7 Å². The van der Waals surface area contributed by atoms with Gasteiger partial charge in [0.15, 0.2) is 5.82 Å². The molecule has 0 unspecified atom stereocenters. The molecule has 9 heteroatoms. The number of hydrogen-bond donors (Lipinski definition) is 2. The summed E-state index contributed by atoms with van der Waals surface area (Å²) in [4.78, 5) is 17.7. The Balaban J connectivity index is 1.56. The first-order valence-electron chi connectivity index (χ1n) is 11.0. The summed E-state index contributed by atoms with van der Waals surface area (Å²) >= 11 is 0. The maximum absolute atomic E-state index is 14.8. The second kappa shape index (κ2) is 8.47. The van der Waals surface area contributed by atoms with Gasteiger partial charge in [0.1, 0.15) is 24.0 Å². The highest BCUT2D eigenvalue weighted by atomic mass is 19.1. The average Bonchev–Trinajstić information content (AvgIpc) is 3.15. The van der Waals surface area contributed by atoms with Gasteiger partial charge in [-0.15, -0.1) is 0 Å². The van der Waals surface area contributed by atoms with Gasteiger partial charge < -0.3 is 15.2 Å². The van der Waals surface area contributed by atoms with Gasteiger partial charge in [0.2, 0.25) is 5.95 Å². The van der Waals surface area contributed by atoms with Crippen molar-refractivity contribution in [2.24, 2.45) is 0 Å². The number of aryl methyl sites for hydroxylation is 1. The zero-order valence-electron chi connectivity index (χ0n) is 18.8. The Morgan fingerprint density at radius 2 is 2.03 bits per heavy atom. The van der Waals surface area contributed by atoms with Crippen molar-refractivity contribution < 1.29 is 8.78 Å². The minimum Gasteiger partial charge on any atom is -0.326 e. The lowest BCUT2D eigenvalue weighted by atomic mass is 10.1. The van der Waals surface area contributed by atoms with Gasteiger partial charge in [-0.3, -0.25) is 0 Å². The van der Waals surface area contributed by atoms with E-state index < -0.39 is 12.5 Å². The smallest absolute Gasteiger partial charge is 0.229 e. The van der Waals surface area contributed by atoms with Gasteiger partial charge >= 0.3 is 0 Å². The van der Waals surface area contributed by atoms with E-state index in [0.717, 1.165) is 48.3 Å². The number of pyridine rings is 1. The molecule has 3 aromatic heterocycles. The van der Waals surface area contributed by atoms with Crippen LogP contribution < -0.4 is 10.6 Å². The third kappa shape index (κ3) is 3.93. The molecule has 0 aliphatic carbocycles. The highest BCUT2D eigenvalue weighted by Crippen LogP contribution is 2.31. The number of alkyl halides is 1. The normalized spacial score (nSPS) is 13.5. The van der Waals surface area contributed by atoms with Crippen molar-refractivity contribution in [3.8, 4) is 11.3 Å². The Bertz CT molecular complexity index is 1350. The number of hydrogen-bond acceptors (Lipinski definition) is 6. The van der Waals surface area contributed by atoms with Crippen LogP contribution in [0.1, 0.15) is 42.5 Å². The van der Waals surface area contributed by atoms with Crippen LogP contribution in [-0.4, -0.2) is 31.0 Å². The van der Waals surface area contributed by atoms with E-state index >= 15 is 0 Å². The maximum Gasteiger partial charge on any atom is 0.229 e. The Hall–Kier alpha value is -3.46. The Morgan fingerprint density at radius 3 is 2.82 bits per heavy atom. The molecule has 0 saturated heterocycles. The number of imidazole rings is 1. The van der Waals surface area contributed by atoms with Crippen molar-refractivity contribution in [2.45, 2.75) is 46.5 Å². The van der Waals surface area contributed by atoms with E-state index in [1.54, 1.807) is 6.07 Å². The van der Waals surface area contributed by atoms with Gasteiger partial charge in [-0.1, -0.05) is 6.07 Å². The summed E-state index contributed by atoms with van der Waals surface area (Å²) in [6.07, 6.45) is 1.96. The highest BCUT2D eigenvalue weighted by Gasteiger charge is 2.19. The Kier molecular flexibility index (Phi) is 5.49. The molecule has 0 saturated carbocycles. The van der Waals surface area contributed by atoms with Gasteiger partial charge in [-0.2, -0.15) is 0 Å². The zero-order chi connectivity index (χ0) is 23.1. The van der Waals surface area contributed by atoms with Crippen LogP contribution >= 0.6 is 0 Å². The molecular weight excluding hydrogens is 424 g/mol. The molecular formula is C24H25F2N7. The number of rotatable bonds is 5. The second-order valence-corrected chi connectivity index (χ2v) is 8.50. The fourth-order valence-electron chi connectivity index (χ4n) is 4.42.